The first-order chi connectivity index (χ1) is 26.0. The lowest BCUT2D eigenvalue weighted by Crippen LogP contribution is -2.53. The molecule has 12 nitrogen and oxygen atoms in total. The molecule has 0 radical (unpaired) electrons. The Labute approximate surface area is 323 Å². The molecular formula is C40H44Cl2N6O6. The van der Waals surface area contributed by atoms with Gasteiger partial charge in [-0.05, 0) is 56.2 Å². The van der Waals surface area contributed by atoms with Gasteiger partial charge in [0, 0.05) is 62.9 Å². The summed E-state index contributed by atoms with van der Waals surface area (Å²) < 4.78 is 8.07. The number of nitrogens with zero attached hydrogens (tertiary/aromatic N) is 6. The fourth-order valence-electron chi connectivity index (χ4n) is 8.46. The predicted octanol–water partition coefficient (Wildman–Crippen LogP) is 5.63. The first-order valence-electron chi connectivity index (χ1n) is 18.8. The van der Waals surface area contributed by atoms with E-state index in [0.29, 0.717) is 94.1 Å². The molecular weight excluding hydrogens is 731 g/mol. The molecule has 284 valence electrons. The second kappa shape index (κ2) is 15.2. The van der Waals surface area contributed by atoms with Crippen molar-refractivity contribution in [2.45, 2.75) is 70.7 Å². The molecule has 2 fully saturated rings. The number of Topliss-reactive ketones (excluding diaryl/α,β-unsaturated/α-hetero) is 1. The molecule has 1 aliphatic carbocycles. The Hall–Kier alpha value is -4.07. The second-order valence-electron chi connectivity index (χ2n) is 15.3. The number of halogens is 2. The van der Waals surface area contributed by atoms with Gasteiger partial charge in [-0.1, -0.05) is 53.5 Å². The quantitative estimate of drug-likeness (QED) is 0.184. The van der Waals surface area contributed by atoms with E-state index < -0.39 is 5.97 Å². The maximum absolute atomic E-state index is 13.8. The number of aliphatic hydroxyl groups is 1. The van der Waals surface area contributed by atoms with Crippen molar-refractivity contribution in [2.24, 2.45) is 18.9 Å². The van der Waals surface area contributed by atoms with Gasteiger partial charge in [-0.25, -0.2) is 9.97 Å². The summed E-state index contributed by atoms with van der Waals surface area (Å²) >= 11 is 14.0. The number of amides is 1. The van der Waals surface area contributed by atoms with Gasteiger partial charge in [0.2, 0.25) is 17.6 Å². The Balaban J connectivity index is 0.920. The summed E-state index contributed by atoms with van der Waals surface area (Å²) in [6.45, 7) is 4.50. The predicted molar refractivity (Wildman–Crippen MR) is 202 cm³/mol. The van der Waals surface area contributed by atoms with E-state index in [9.17, 15) is 24.6 Å². The van der Waals surface area contributed by atoms with E-state index in [-0.39, 0.29) is 36.7 Å². The number of aromatic nitrogens is 3. The van der Waals surface area contributed by atoms with Crippen LogP contribution in [0.2, 0.25) is 10.0 Å². The Bertz CT molecular complexity index is 2080. The molecule has 5 heterocycles. The average molecular weight is 776 g/mol. The Morgan fingerprint density at radius 3 is 2.33 bits per heavy atom. The highest BCUT2D eigenvalue weighted by Crippen LogP contribution is 2.41. The first kappa shape index (κ1) is 36.9. The van der Waals surface area contributed by atoms with Gasteiger partial charge in [-0.3, -0.25) is 24.2 Å². The van der Waals surface area contributed by atoms with E-state index in [0.717, 1.165) is 63.0 Å². The molecule has 2 aromatic heterocycles. The zero-order valence-corrected chi connectivity index (χ0v) is 31.8. The number of likely N-dealkylation sites (tertiary alicyclic amines) is 1. The van der Waals surface area contributed by atoms with E-state index in [1.165, 1.54) is 0 Å². The number of aliphatic carboxylic acids is 1. The summed E-state index contributed by atoms with van der Waals surface area (Å²) in [5, 5.41) is 19.7. The number of hydrogen-bond donors (Lipinski definition) is 2. The summed E-state index contributed by atoms with van der Waals surface area (Å²) in [7, 11) is 1.91. The minimum atomic E-state index is -0.667. The lowest BCUT2D eigenvalue weighted by Gasteiger charge is -2.35. The molecule has 54 heavy (non-hydrogen) atoms. The highest BCUT2D eigenvalue weighted by Gasteiger charge is 2.34. The van der Waals surface area contributed by atoms with Crippen LogP contribution in [0.25, 0.3) is 22.6 Å². The highest BCUT2D eigenvalue weighted by molar-refractivity contribution is 6.38. The number of ketones is 1. The number of carboxylic acid groups (broad SMARTS) is 1. The lowest BCUT2D eigenvalue weighted by atomic mass is 9.80. The van der Waals surface area contributed by atoms with Crippen LogP contribution in [0.4, 0.5) is 0 Å². The van der Waals surface area contributed by atoms with Crippen LogP contribution in [0.5, 0.6) is 0 Å². The average Bonchev–Trinajstić information content (AvgIpc) is 3.83. The van der Waals surface area contributed by atoms with Gasteiger partial charge in [-0.2, -0.15) is 0 Å². The first-order valence-corrected chi connectivity index (χ1v) is 19.5. The minimum Gasteiger partial charge on any atom is -0.481 e. The molecule has 3 aliphatic heterocycles. The third kappa shape index (κ3) is 7.34. The number of hydrogen-bond acceptors (Lipinski definition) is 9. The fraction of sp³-hybridized carbons (Fsp3) is 0.475. The summed E-state index contributed by atoms with van der Waals surface area (Å²) in [6.07, 6.45) is 5.07. The molecule has 0 atom stereocenters. The van der Waals surface area contributed by atoms with Crippen LogP contribution < -0.4 is 0 Å². The summed E-state index contributed by atoms with van der Waals surface area (Å²) in [5.41, 5.74) is 5.37. The number of fused-ring (bicyclic) bond motifs is 2. The van der Waals surface area contributed by atoms with Crippen LogP contribution >= 0.6 is 23.2 Å². The zero-order chi connectivity index (χ0) is 37.7. The minimum absolute atomic E-state index is 0.0279. The molecule has 4 aromatic rings. The highest BCUT2D eigenvalue weighted by atomic mass is 35.5. The molecule has 8 rings (SSSR count). The number of rotatable bonds is 11. The molecule has 0 unspecified atom stereocenters. The van der Waals surface area contributed by atoms with Crippen molar-refractivity contribution in [1.29, 1.82) is 0 Å². The third-order valence-electron chi connectivity index (χ3n) is 11.7. The zero-order valence-electron chi connectivity index (χ0n) is 30.3. The standard InChI is InChI=1S/C40H44Cl2N6O6/c1-45-32-13-15-46(14-12-23-8-10-24(11-9-23)40(52)53)19-30(32)43-38(45)33(50)16-25-4-2-5-27(36(25)41)28-6-3-7-29(37(28)42)39-44-31-20-48(21-34(31)54-39)35(51)22-47-17-26(49)18-47/h2-7,23-24,26,49H,8-22H2,1H3,(H,52,53). The molecule has 1 saturated carbocycles. The number of carboxylic acids is 1. The number of oxazole rings is 1. The summed E-state index contributed by atoms with van der Waals surface area (Å²) in [5.74, 6) is 0.978. The maximum atomic E-state index is 13.8. The molecule has 2 aromatic carbocycles. The Morgan fingerprint density at radius 2 is 1.61 bits per heavy atom. The van der Waals surface area contributed by atoms with Crippen LogP contribution in [0.1, 0.15) is 71.1 Å². The normalized spacial score (nSPS) is 20.5. The van der Waals surface area contributed by atoms with Crippen LogP contribution in [-0.4, -0.2) is 95.9 Å². The molecule has 0 spiro atoms. The van der Waals surface area contributed by atoms with E-state index >= 15 is 0 Å². The monoisotopic (exact) mass is 774 g/mol. The number of β-amino-alcohol motifs (C(OH)–C–C–N with tert-alkyl or cyclic N) is 1. The summed E-state index contributed by atoms with van der Waals surface area (Å²) in [4.78, 5) is 53.4. The Kier molecular flexibility index (Phi) is 10.4. The van der Waals surface area contributed by atoms with Gasteiger partial charge in [-0.15, -0.1) is 0 Å². The fourth-order valence-corrected chi connectivity index (χ4v) is 9.07. The number of carbonyl (C=O) groups excluding carboxylic acids is 2. The summed E-state index contributed by atoms with van der Waals surface area (Å²) in [6, 6.07) is 11.2. The second-order valence-corrected chi connectivity index (χ2v) is 16.0. The topological polar surface area (TPSA) is 145 Å². The van der Waals surface area contributed by atoms with Crippen molar-refractivity contribution >= 4 is 40.9 Å². The van der Waals surface area contributed by atoms with Crippen LogP contribution in [0.3, 0.4) is 0 Å². The van der Waals surface area contributed by atoms with Crippen molar-refractivity contribution in [3.05, 3.63) is 80.7 Å². The number of benzene rings is 2. The van der Waals surface area contributed by atoms with Crippen molar-refractivity contribution in [3.63, 3.8) is 0 Å². The SMILES string of the molecule is Cn1c(C(=O)Cc2cccc(-c3cccc(-c4nc5c(o4)CN(C(=O)CN4CC(O)C4)C5)c3Cl)c2Cl)nc2c1CCN(CCC1CCC(C(=O)O)CC1)C2. The Morgan fingerprint density at radius 1 is 0.889 bits per heavy atom. The molecule has 2 N–H and O–H groups in total. The molecule has 4 aliphatic rings. The van der Waals surface area contributed by atoms with Crippen molar-refractivity contribution in [3.8, 4) is 22.6 Å². The van der Waals surface area contributed by atoms with Gasteiger partial charge < -0.3 is 24.1 Å². The maximum Gasteiger partial charge on any atom is 0.306 e. The van der Waals surface area contributed by atoms with Gasteiger partial charge in [0.15, 0.2) is 5.82 Å². The van der Waals surface area contributed by atoms with E-state index in [1.807, 2.05) is 52.9 Å². The van der Waals surface area contributed by atoms with Crippen LogP contribution in [0.15, 0.2) is 40.8 Å². The van der Waals surface area contributed by atoms with E-state index in [1.54, 1.807) is 4.90 Å². The largest absolute Gasteiger partial charge is 0.481 e. The number of aliphatic hydroxyl groups excluding tert-OH is 1. The van der Waals surface area contributed by atoms with E-state index in [4.69, 9.17) is 37.6 Å². The van der Waals surface area contributed by atoms with Gasteiger partial charge in [0.05, 0.1) is 53.0 Å². The van der Waals surface area contributed by atoms with Gasteiger partial charge in [0.1, 0.15) is 11.5 Å². The van der Waals surface area contributed by atoms with E-state index in [2.05, 4.69) is 4.90 Å². The lowest BCUT2D eigenvalue weighted by molar-refractivity contribution is -0.143. The van der Waals surface area contributed by atoms with Crippen molar-refractivity contribution < 1.29 is 29.0 Å². The van der Waals surface area contributed by atoms with Crippen molar-refractivity contribution in [1.82, 2.24) is 29.2 Å². The van der Waals surface area contributed by atoms with Crippen molar-refractivity contribution in [2.75, 3.05) is 32.7 Å². The van der Waals surface area contributed by atoms with Gasteiger partial charge >= 0.3 is 5.97 Å². The number of imidazole rings is 1. The van der Waals surface area contributed by atoms with Crippen LogP contribution in [0, 0.1) is 11.8 Å². The van der Waals surface area contributed by atoms with Crippen LogP contribution in [-0.2, 0) is 49.1 Å². The number of carbonyl (C=O) groups is 3. The van der Waals surface area contributed by atoms with Gasteiger partial charge in [0.25, 0.3) is 0 Å². The molecule has 0 bridgehead atoms. The molecule has 14 heteroatoms. The third-order valence-corrected chi connectivity index (χ3v) is 12.5. The smallest absolute Gasteiger partial charge is 0.306 e. The molecule has 1 amide bonds. The molecule has 1 saturated heterocycles.